The molecule has 1 aromatic heterocycles. The number of thiophene rings is 1. The largest absolute Gasteiger partial charge is 0.139 e. The number of fused-ring (bicyclic) bond motifs is 1. The van der Waals surface area contributed by atoms with Gasteiger partial charge in [-0.3, -0.25) is 0 Å². The van der Waals surface area contributed by atoms with E-state index in [1.54, 1.807) is 11.3 Å². The smallest absolute Gasteiger partial charge is 0.0432 e. The summed E-state index contributed by atoms with van der Waals surface area (Å²) in [5.74, 6) is 2.66. The monoisotopic (exact) mass is 172 g/mol. The van der Waals surface area contributed by atoms with Gasteiger partial charge in [0.15, 0.2) is 0 Å². The van der Waals surface area contributed by atoms with E-state index in [1.165, 1.54) is 15.0 Å². The maximum Gasteiger partial charge on any atom is 0.0432 e. The molecule has 0 bridgehead atoms. The van der Waals surface area contributed by atoms with Gasteiger partial charge in [-0.15, -0.1) is 23.7 Å². The Labute approximate surface area is 75.8 Å². The van der Waals surface area contributed by atoms with Crippen LogP contribution in [0, 0.1) is 12.3 Å². The molecular formula is C11H8S. The van der Waals surface area contributed by atoms with Crippen molar-refractivity contribution in [3.63, 3.8) is 0 Å². The van der Waals surface area contributed by atoms with Gasteiger partial charge in [-0.05, 0) is 17.5 Å². The van der Waals surface area contributed by atoms with Crippen molar-refractivity contribution in [1.82, 2.24) is 0 Å². The third-order valence-corrected chi connectivity index (χ3v) is 2.87. The van der Waals surface area contributed by atoms with Gasteiger partial charge < -0.3 is 0 Å². The molecule has 0 saturated heterocycles. The molecule has 1 heteroatoms. The van der Waals surface area contributed by atoms with Gasteiger partial charge in [0.25, 0.3) is 0 Å². The highest BCUT2D eigenvalue weighted by atomic mass is 32.1. The Kier molecular flexibility index (Phi) is 1.85. The van der Waals surface area contributed by atoms with Gasteiger partial charge in [-0.1, -0.05) is 18.2 Å². The predicted octanol–water partition coefficient (Wildman–Crippen LogP) is 3.08. The van der Waals surface area contributed by atoms with E-state index in [4.69, 9.17) is 6.42 Å². The summed E-state index contributed by atoms with van der Waals surface area (Å²) in [6.07, 6.45) is 5.99. The molecule has 0 radical (unpaired) electrons. The van der Waals surface area contributed by atoms with E-state index in [-0.39, 0.29) is 0 Å². The van der Waals surface area contributed by atoms with Crippen LogP contribution in [-0.4, -0.2) is 0 Å². The van der Waals surface area contributed by atoms with Crippen LogP contribution >= 0.6 is 11.3 Å². The molecule has 0 aliphatic heterocycles. The van der Waals surface area contributed by atoms with Gasteiger partial charge in [0, 0.05) is 16.0 Å². The summed E-state index contributed by atoms with van der Waals surface area (Å²) in [6, 6.07) is 10.5. The highest BCUT2D eigenvalue weighted by molar-refractivity contribution is 7.19. The third-order valence-electron chi connectivity index (χ3n) is 1.75. The van der Waals surface area contributed by atoms with Crippen LogP contribution < -0.4 is 0 Å². The highest BCUT2D eigenvalue weighted by Crippen LogP contribution is 2.25. The molecule has 0 aliphatic rings. The van der Waals surface area contributed by atoms with Crippen molar-refractivity contribution >= 4 is 21.4 Å². The van der Waals surface area contributed by atoms with Gasteiger partial charge in [0.1, 0.15) is 0 Å². The minimum atomic E-state index is 0.749. The Balaban J connectivity index is 2.56. The van der Waals surface area contributed by atoms with Gasteiger partial charge in [0.05, 0.1) is 0 Å². The summed E-state index contributed by atoms with van der Waals surface area (Å²) in [7, 11) is 0. The lowest BCUT2D eigenvalue weighted by Crippen LogP contribution is -1.68. The maximum absolute atomic E-state index is 5.24. The van der Waals surface area contributed by atoms with E-state index in [0.29, 0.717) is 0 Å². The average molecular weight is 172 g/mol. The lowest BCUT2D eigenvalue weighted by atomic mass is 10.2. The number of benzene rings is 1. The van der Waals surface area contributed by atoms with E-state index >= 15 is 0 Å². The predicted molar refractivity (Wildman–Crippen MR) is 54.4 cm³/mol. The lowest BCUT2D eigenvalue weighted by Gasteiger charge is -1.82. The summed E-state index contributed by atoms with van der Waals surface area (Å²) < 4.78 is 1.32. The van der Waals surface area contributed by atoms with Crippen molar-refractivity contribution in [2.45, 2.75) is 6.42 Å². The molecule has 0 aliphatic carbocycles. The second-order valence-corrected chi connectivity index (χ2v) is 3.80. The fourth-order valence-corrected chi connectivity index (χ4v) is 2.24. The SMILES string of the molecule is C#CCc1cc2ccccc2s1. The van der Waals surface area contributed by atoms with Crippen LogP contribution in [0.1, 0.15) is 4.88 Å². The van der Waals surface area contributed by atoms with Crippen LogP contribution in [0.25, 0.3) is 10.1 Å². The number of rotatable bonds is 1. The fraction of sp³-hybridized carbons (Fsp3) is 0.0909. The fourth-order valence-electron chi connectivity index (χ4n) is 1.22. The molecular weight excluding hydrogens is 164 g/mol. The standard InChI is InChI=1S/C11H8S/c1-2-5-10-8-9-6-3-4-7-11(9)12-10/h1,3-4,6-8H,5H2. The quantitative estimate of drug-likeness (QED) is 0.580. The number of hydrogen-bond donors (Lipinski definition) is 0. The summed E-state index contributed by atoms with van der Waals surface area (Å²) in [4.78, 5) is 1.28. The Morgan fingerprint density at radius 1 is 1.33 bits per heavy atom. The lowest BCUT2D eigenvalue weighted by molar-refractivity contribution is 1.42. The molecule has 0 nitrogen and oxygen atoms in total. The van der Waals surface area contributed by atoms with E-state index in [0.717, 1.165) is 6.42 Å². The van der Waals surface area contributed by atoms with Crippen molar-refractivity contribution in [2.75, 3.05) is 0 Å². The van der Waals surface area contributed by atoms with Crippen molar-refractivity contribution < 1.29 is 0 Å². The van der Waals surface area contributed by atoms with E-state index < -0.39 is 0 Å². The molecule has 12 heavy (non-hydrogen) atoms. The molecule has 0 saturated carbocycles. The van der Waals surface area contributed by atoms with E-state index in [2.05, 4.69) is 36.3 Å². The normalized spacial score (nSPS) is 9.92. The van der Waals surface area contributed by atoms with E-state index in [1.807, 2.05) is 0 Å². The molecule has 1 aromatic carbocycles. The van der Waals surface area contributed by atoms with E-state index in [9.17, 15) is 0 Å². The van der Waals surface area contributed by atoms with Crippen molar-refractivity contribution in [3.05, 3.63) is 35.2 Å². The second kappa shape index (κ2) is 3.00. The zero-order valence-electron chi connectivity index (χ0n) is 6.58. The minimum absolute atomic E-state index is 0.749. The zero-order valence-corrected chi connectivity index (χ0v) is 7.40. The summed E-state index contributed by atoms with van der Waals surface area (Å²) in [6.45, 7) is 0. The zero-order chi connectivity index (χ0) is 8.39. The van der Waals surface area contributed by atoms with Crippen molar-refractivity contribution in [1.29, 1.82) is 0 Å². The molecule has 1 heterocycles. The summed E-state index contributed by atoms with van der Waals surface area (Å²) >= 11 is 1.78. The number of hydrogen-bond acceptors (Lipinski definition) is 1. The Morgan fingerprint density at radius 3 is 2.92 bits per heavy atom. The molecule has 2 rings (SSSR count). The van der Waals surface area contributed by atoms with Crippen LogP contribution in [0.2, 0.25) is 0 Å². The topological polar surface area (TPSA) is 0 Å². The van der Waals surface area contributed by atoms with Crippen LogP contribution in [0.5, 0.6) is 0 Å². The summed E-state index contributed by atoms with van der Waals surface area (Å²) in [5, 5.41) is 1.30. The number of terminal acetylenes is 1. The van der Waals surface area contributed by atoms with Gasteiger partial charge in [0.2, 0.25) is 0 Å². The third kappa shape index (κ3) is 1.22. The molecule has 0 spiro atoms. The first kappa shape index (κ1) is 7.39. The van der Waals surface area contributed by atoms with Crippen LogP contribution in [0.15, 0.2) is 30.3 Å². The molecule has 0 amide bonds. The van der Waals surface area contributed by atoms with Gasteiger partial charge in [-0.25, -0.2) is 0 Å². The molecule has 0 unspecified atom stereocenters. The second-order valence-electron chi connectivity index (χ2n) is 2.63. The van der Waals surface area contributed by atoms with Crippen molar-refractivity contribution in [3.8, 4) is 12.3 Å². The highest BCUT2D eigenvalue weighted by Gasteiger charge is 1.97. The van der Waals surface area contributed by atoms with Crippen LogP contribution in [-0.2, 0) is 6.42 Å². The Hall–Kier alpha value is -1.26. The maximum atomic E-state index is 5.24. The molecule has 0 N–H and O–H groups in total. The molecule has 0 atom stereocenters. The first-order valence-corrected chi connectivity index (χ1v) is 4.63. The van der Waals surface area contributed by atoms with Crippen molar-refractivity contribution in [2.24, 2.45) is 0 Å². The van der Waals surface area contributed by atoms with Crippen LogP contribution in [0.3, 0.4) is 0 Å². The molecule has 2 aromatic rings. The van der Waals surface area contributed by atoms with Gasteiger partial charge in [-0.2, -0.15) is 0 Å². The molecule has 58 valence electrons. The summed E-state index contributed by atoms with van der Waals surface area (Å²) in [5.41, 5.74) is 0. The van der Waals surface area contributed by atoms with Gasteiger partial charge >= 0.3 is 0 Å². The first-order chi connectivity index (χ1) is 5.90. The van der Waals surface area contributed by atoms with Crippen LogP contribution in [0.4, 0.5) is 0 Å². The Bertz CT molecular complexity index is 398. The molecule has 0 fully saturated rings. The minimum Gasteiger partial charge on any atom is -0.139 e. The first-order valence-electron chi connectivity index (χ1n) is 3.81. The average Bonchev–Trinajstić information content (AvgIpc) is 2.47. The Morgan fingerprint density at radius 2 is 2.17 bits per heavy atom.